The van der Waals surface area contributed by atoms with E-state index in [9.17, 15) is 4.79 Å². The maximum atomic E-state index is 10.9. The van der Waals surface area contributed by atoms with Crippen molar-refractivity contribution in [2.75, 3.05) is 0 Å². The SMILES string of the molecule is C=C(C(=O)O)C(C)[Si](C)(C)c1ccccc1. The summed E-state index contributed by atoms with van der Waals surface area (Å²) in [5, 5.41) is 10.3. The molecule has 0 aliphatic carbocycles. The van der Waals surface area contributed by atoms with Crippen LogP contribution in [0.5, 0.6) is 0 Å². The molecule has 0 fully saturated rings. The molecule has 0 bridgehead atoms. The lowest BCUT2D eigenvalue weighted by molar-refractivity contribution is -0.132. The summed E-state index contributed by atoms with van der Waals surface area (Å²) >= 11 is 0. The van der Waals surface area contributed by atoms with Crippen molar-refractivity contribution in [3.8, 4) is 0 Å². The summed E-state index contributed by atoms with van der Waals surface area (Å²) in [5.41, 5.74) is 0.355. The lowest BCUT2D eigenvalue weighted by Gasteiger charge is -2.30. The number of carbonyl (C=O) groups is 1. The van der Waals surface area contributed by atoms with Gasteiger partial charge in [-0.15, -0.1) is 0 Å². The van der Waals surface area contributed by atoms with Crippen molar-refractivity contribution in [2.24, 2.45) is 0 Å². The van der Waals surface area contributed by atoms with Crippen LogP contribution in [0.3, 0.4) is 0 Å². The van der Waals surface area contributed by atoms with E-state index in [0.29, 0.717) is 5.57 Å². The van der Waals surface area contributed by atoms with Crippen LogP contribution in [0.1, 0.15) is 6.92 Å². The molecule has 1 rings (SSSR count). The number of carboxylic acids is 1. The second-order valence-corrected chi connectivity index (χ2v) is 9.53. The van der Waals surface area contributed by atoms with Crippen LogP contribution in [-0.2, 0) is 4.79 Å². The minimum atomic E-state index is -1.79. The molecule has 0 aliphatic rings. The van der Waals surface area contributed by atoms with E-state index < -0.39 is 14.0 Å². The molecule has 1 N–H and O–H groups in total. The topological polar surface area (TPSA) is 37.3 Å². The zero-order valence-electron chi connectivity index (χ0n) is 10.0. The predicted molar refractivity (Wildman–Crippen MR) is 69.8 cm³/mol. The van der Waals surface area contributed by atoms with E-state index in [2.05, 4.69) is 31.8 Å². The number of carboxylic acid groups (broad SMARTS) is 1. The van der Waals surface area contributed by atoms with Crippen molar-refractivity contribution >= 4 is 19.2 Å². The van der Waals surface area contributed by atoms with Gasteiger partial charge in [-0.05, 0) is 5.54 Å². The van der Waals surface area contributed by atoms with Gasteiger partial charge in [0.05, 0.1) is 8.07 Å². The fraction of sp³-hybridized carbons (Fsp3) is 0.308. The van der Waals surface area contributed by atoms with Gasteiger partial charge in [0, 0.05) is 5.57 Å². The number of rotatable bonds is 4. The van der Waals surface area contributed by atoms with E-state index in [4.69, 9.17) is 5.11 Å². The second kappa shape index (κ2) is 4.66. The fourth-order valence-electron chi connectivity index (χ4n) is 1.74. The van der Waals surface area contributed by atoms with E-state index in [-0.39, 0.29) is 5.54 Å². The largest absolute Gasteiger partial charge is 0.478 e. The lowest BCUT2D eigenvalue weighted by Crippen LogP contribution is -2.46. The van der Waals surface area contributed by atoms with E-state index in [1.165, 1.54) is 5.19 Å². The first-order valence-corrected chi connectivity index (χ1v) is 8.42. The molecule has 0 saturated heterocycles. The summed E-state index contributed by atoms with van der Waals surface area (Å²) in [6, 6.07) is 10.1. The third-order valence-electron chi connectivity index (χ3n) is 3.40. The van der Waals surface area contributed by atoms with E-state index in [0.717, 1.165) is 0 Å². The summed E-state index contributed by atoms with van der Waals surface area (Å²) in [4.78, 5) is 10.9. The highest BCUT2D eigenvalue weighted by atomic mass is 28.3. The van der Waals surface area contributed by atoms with Gasteiger partial charge in [0.2, 0.25) is 0 Å². The number of hydrogen-bond donors (Lipinski definition) is 1. The van der Waals surface area contributed by atoms with Crippen molar-refractivity contribution in [1.82, 2.24) is 0 Å². The molecule has 3 heteroatoms. The highest BCUT2D eigenvalue weighted by Gasteiger charge is 2.34. The molecule has 1 aromatic carbocycles. The van der Waals surface area contributed by atoms with Crippen LogP contribution in [0.15, 0.2) is 42.5 Å². The van der Waals surface area contributed by atoms with Crippen LogP contribution in [0.2, 0.25) is 18.6 Å². The Labute approximate surface area is 97.6 Å². The van der Waals surface area contributed by atoms with Gasteiger partial charge in [-0.3, -0.25) is 0 Å². The average molecular weight is 234 g/mol. The molecule has 86 valence electrons. The molecular weight excluding hydrogens is 216 g/mol. The van der Waals surface area contributed by atoms with Crippen molar-refractivity contribution in [1.29, 1.82) is 0 Å². The quantitative estimate of drug-likeness (QED) is 0.642. The highest BCUT2D eigenvalue weighted by molar-refractivity contribution is 6.91. The zero-order chi connectivity index (χ0) is 12.3. The Balaban J connectivity index is 3.03. The highest BCUT2D eigenvalue weighted by Crippen LogP contribution is 2.28. The Bertz CT molecular complexity index is 396. The van der Waals surface area contributed by atoms with E-state index in [1.54, 1.807) is 0 Å². The summed E-state index contributed by atoms with van der Waals surface area (Å²) in [6.07, 6.45) is 0. The van der Waals surface area contributed by atoms with Gasteiger partial charge in [-0.25, -0.2) is 4.79 Å². The van der Waals surface area contributed by atoms with Crippen LogP contribution in [0.25, 0.3) is 0 Å². The van der Waals surface area contributed by atoms with Crippen LogP contribution in [-0.4, -0.2) is 19.1 Å². The molecule has 0 amide bonds. The Morgan fingerprint density at radius 1 is 1.31 bits per heavy atom. The van der Waals surface area contributed by atoms with Gasteiger partial charge in [0.1, 0.15) is 0 Å². The molecule has 0 heterocycles. The first-order valence-electron chi connectivity index (χ1n) is 5.35. The molecule has 0 aliphatic heterocycles. The van der Waals surface area contributed by atoms with Gasteiger partial charge in [-0.1, -0.05) is 62.1 Å². The normalized spacial score (nSPS) is 13.2. The third kappa shape index (κ3) is 2.42. The average Bonchev–Trinajstić information content (AvgIpc) is 2.28. The minimum Gasteiger partial charge on any atom is -0.478 e. The number of benzene rings is 1. The maximum absolute atomic E-state index is 10.9. The van der Waals surface area contributed by atoms with Crippen LogP contribution in [0.4, 0.5) is 0 Å². The molecule has 1 unspecified atom stereocenters. The maximum Gasteiger partial charge on any atom is 0.330 e. The number of hydrogen-bond acceptors (Lipinski definition) is 1. The molecule has 0 radical (unpaired) electrons. The first-order chi connectivity index (χ1) is 7.37. The van der Waals surface area contributed by atoms with Crippen LogP contribution >= 0.6 is 0 Å². The molecule has 16 heavy (non-hydrogen) atoms. The Kier molecular flexibility index (Phi) is 3.70. The van der Waals surface area contributed by atoms with Gasteiger partial charge in [0.25, 0.3) is 0 Å². The van der Waals surface area contributed by atoms with Gasteiger partial charge < -0.3 is 5.11 Å². The molecule has 1 aromatic rings. The van der Waals surface area contributed by atoms with Gasteiger partial charge >= 0.3 is 5.97 Å². The van der Waals surface area contributed by atoms with Crippen molar-refractivity contribution < 1.29 is 9.90 Å². The fourth-order valence-corrected chi connectivity index (χ4v) is 4.28. The molecule has 0 saturated carbocycles. The molecule has 0 aromatic heterocycles. The second-order valence-electron chi connectivity index (χ2n) is 4.64. The standard InChI is InChI=1S/C13H18O2Si/c1-10(13(14)15)11(2)16(3,4)12-8-6-5-7-9-12/h5-9,11H,1H2,2-4H3,(H,14,15). The molecule has 1 atom stereocenters. The molecular formula is C13H18O2Si. The smallest absolute Gasteiger partial charge is 0.330 e. The van der Waals surface area contributed by atoms with Crippen molar-refractivity contribution in [3.05, 3.63) is 42.5 Å². The summed E-state index contributed by atoms with van der Waals surface area (Å²) < 4.78 is 0. The monoisotopic (exact) mass is 234 g/mol. The van der Waals surface area contributed by atoms with Crippen molar-refractivity contribution in [3.63, 3.8) is 0 Å². The van der Waals surface area contributed by atoms with Crippen molar-refractivity contribution in [2.45, 2.75) is 25.6 Å². The Morgan fingerprint density at radius 3 is 2.25 bits per heavy atom. The number of aliphatic carboxylic acids is 1. The van der Waals surface area contributed by atoms with Gasteiger partial charge in [-0.2, -0.15) is 0 Å². The third-order valence-corrected chi connectivity index (χ3v) is 7.73. The first kappa shape index (κ1) is 12.7. The zero-order valence-corrected chi connectivity index (χ0v) is 11.0. The Hall–Kier alpha value is -1.35. The molecule has 2 nitrogen and oxygen atoms in total. The molecule has 0 spiro atoms. The summed E-state index contributed by atoms with van der Waals surface area (Å²) in [6.45, 7) is 10.0. The van der Waals surface area contributed by atoms with E-state index in [1.807, 2.05) is 25.1 Å². The van der Waals surface area contributed by atoms with E-state index >= 15 is 0 Å². The summed E-state index contributed by atoms with van der Waals surface area (Å²) in [5.74, 6) is -0.885. The van der Waals surface area contributed by atoms with Crippen LogP contribution < -0.4 is 5.19 Å². The minimum absolute atomic E-state index is 0.0346. The summed E-state index contributed by atoms with van der Waals surface area (Å²) in [7, 11) is -1.79. The van der Waals surface area contributed by atoms with Gasteiger partial charge in [0.15, 0.2) is 0 Å². The lowest BCUT2D eigenvalue weighted by atomic mass is 10.2. The van der Waals surface area contributed by atoms with Crippen LogP contribution in [0, 0.1) is 0 Å². The Morgan fingerprint density at radius 2 is 1.81 bits per heavy atom. The predicted octanol–water partition coefficient (Wildman–Crippen LogP) is 2.63.